The van der Waals surface area contributed by atoms with Crippen LogP contribution in [-0.2, 0) is 12.8 Å². The normalized spacial score (nSPS) is 10.0. The first-order valence-corrected chi connectivity index (χ1v) is 7.26. The van der Waals surface area contributed by atoms with Gasteiger partial charge in [-0.2, -0.15) is 0 Å². The molecule has 0 spiro atoms. The zero-order valence-corrected chi connectivity index (χ0v) is 13.0. The number of thiazole rings is 1. The highest BCUT2D eigenvalue weighted by Gasteiger charge is 2.10. The number of anilines is 1. The number of nitrogens with zero attached hydrogens (tertiary/aromatic N) is 1. The van der Waals surface area contributed by atoms with Gasteiger partial charge in [0.05, 0.1) is 5.01 Å². The quantitative estimate of drug-likeness (QED) is 0.755. The summed E-state index contributed by atoms with van der Waals surface area (Å²) < 4.78 is 0. The van der Waals surface area contributed by atoms with Crippen LogP contribution in [-0.4, -0.2) is 29.1 Å². The molecule has 0 unspecified atom stereocenters. The molecule has 0 aliphatic heterocycles. The second kappa shape index (κ2) is 8.74. The number of carbonyl (C=O) groups excluding carboxylic acids is 1. The van der Waals surface area contributed by atoms with Gasteiger partial charge in [0, 0.05) is 24.1 Å². The van der Waals surface area contributed by atoms with Gasteiger partial charge in [0.15, 0.2) is 0 Å². The van der Waals surface area contributed by atoms with Gasteiger partial charge in [-0.3, -0.25) is 4.79 Å². The van der Waals surface area contributed by atoms with Crippen molar-refractivity contribution in [1.29, 1.82) is 0 Å². The molecule has 114 valence electrons. The fourth-order valence-electron chi connectivity index (χ4n) is 1.73. The SMILES string of the molecule is Cl.NCCc1nc(C(=O)Nc2ccc(CCO)cc2)cs1. The number of amides is 1. The van der Waals surface area contributed by atoms with E-state index >= 15 is 0 Å². The minimum Gasteiger partial charge on any atom is -0.396 e. The number of carbonyl (C=O) groups is 1. The molecule has 0 saturated heterocycles. The van der Waals surface area contributed by atoms with Gasteiger partial charge in [-0.15, -0.1) is 23.7 Å². The van der Waals surface area contributed by atoms with Crippen molar-refractivity contribution in [2.24, 2.45) is 5.73 Å². The zero-order chi connectivity index (χ0) is 14.4. The second-order valence-corrected chi connectivity index (χ2v) is 5.23. The first kappa shape index (κ1) is 17.6. The molecular formula is C14H18ClN3O2S. The average molecular weight is 328 g/mol. The molecule has 0 bridgehead atoms. The summed E-state index contributed by atoms with van der Waals surface area (Å²) in [4.78, 5) is 16.2. The van der Waals surface area contributed by atoms with E-state index in [4.69, 9.17) is 10.8 Å². The van der Waals surface area contributed by atoms with Crippen LogP contribution in [0.3, 0.4) is 0 Å². The molecule has 1 aromatic heterocycles. The summed E-state index contributed by atoms with van der Waals surface area (Å²) in [6.07, 6.45) is 1.30. The van der Waals surface area contributed by atoms with Crippen LogP contribution in [0, 0.1) is 0 Å². The molecule has 0 fully saturated rings. The molecule has 5 nitrogen and oxygen atoms in total. The molecule has 2 rings (SSSR count). The molecule has 0 saturated carbocycles. The highest BCUT2D eigenvalue weighted by Crippen LogP contribution is 2.14. The lowest BCUT2D eigenvalue weighted by Gasteiger charge is -2.04. The van der Waals surface area contributed by atoms with Gasteiger partial charge in [0.1, 0.15) is 5.69 Å². The van der Waals surface area contributed by atoms with Crippen molar-refractivity contribution in [3.8, 4) is 0 Å². The van der Waals surface area contributed by atoms with Crippen LogP contribution >= 0.6 is 23.7 Å². The number of aliphatic hydroxyl groups excluding tert-OH is 1. The van der Waals surface area contributed by atoms with Crippen LogP contribution in [0.1, 0.15) is 21.1 Å². The van der Waals surface area contributed by atoms with Gasteiger partial charge in [0.2, 0.25) is 0 Å². The first-order valence-electron chi connectivity index (χ1n) is 6.38. The van der Waals surface area contributed by atoms with Crippen LogP contribution in [0.2, 0.25) is 0 Å². The standard InChI is InChI=1S/C14H17N3O2S.ClH/c15-7-5-13-17-12(9-20-13)14(19)16-11-3-1-10(2-4-11)6-8-18;/h1-4,9,18H,5-8,15H2,(H,16,19);1H. The van der Waals surface area contributed by atoms with E-state index in [2.05, 4.69) is 10.3 Å². The molecule has 4 N–H and O–H groups in total. The summed E-state index contributed by atoms with van der Waals surface area (Å²) in [6, 6.07) is 7.39. The van der Waals surface area contributed by atoms with Crippen LogP contribution in [0.25, 0.3) is 0 Å². The largest absolute Gasteiger partial charge is 0.396 e. The third-order valence-electron chi connectivity index (χ3n) is 2.75. The highest BCUT2D eigenvalue weighted by atomic mass is 35.5. The van der Waals surface area contributed by atoms with Gasteiger partial charge in [0.25, 0.3) is 5.91 Å². The summed E-state index contributed by atoms with van der Waals surface area (Å²) in [6.45, 7) is 0.648. The Morgan fingerprint density at radius 2 is 2.00 bits per heavy atom. The number of aliphatic hydroxyl groups is 1. The Kier molecular flexibility index (Phi) is 7.31. The monoisotopic (exact) mass is 327 g/mol. The Labute approximate surface area is 133 Å². The molecule has 1 aromatic carbocycles. The zero-order valence-electron chi connectivity index (χ0n) is 11.4. The molecule has 1 heterocycles. The van der Waals surface area contributed by atoms with Crippen molar-refractivity contribution < 1.29 is 9.90 Å². The summed E-state index contributed by atoms with van der Waals surface area (Å²) >= 11 is 1.44. The van der Waals surface area contributed by atoms with Gasteiger partial charge in [-0.05, 0) is 30.7 Å². The van der Waals surface area contributed by atoms with E-state index in [1.54, 1.807) is 5.38 Å². The van der Waals surface area contributed by atoms with Gasteiger partial charge < -0.3 is 16.2 Å². The van der Waals surface area contributed by atoms with E-state index in [0.717, 1.165) is 10.6 Å². The second-order valence-electron chi connectivity index (χ2n) is 4.29. The minimum absolute atomic E-state index is 0. The highest BCUT2D eigenvalue weighted by molar-refractivity contribution is 7.09. The third-order valence-corrected chi connectivity index (χ3v) is 3.66. The fraction of sp³-hybridized carbons (Fsp3) is 0.286. The molecule has 0 atom stereocenters. The average Bonchev–Trinajstić information content (AvgIpc) is 2.90. The van der Waals surface area contributed by atoms with Gasteiger partial charge in [-0.25, -0.2) is 4.98 Å². The summed E-state index contributed by atoms with van der Waals surface area (Å²) in [5, 5.41) is 14.2. The Morgan fingerprint density at radius 1 is 1.29 bits per heavy atom. The van der Waals surface area contributed by atoms with Crippen LogP contribution in [0.5, 0.6) is 0 Å². The smallest absolute Gasteiger partial charge is 0.275 e. The van der Waals surface area contributed by atoms with E-state index < -0.39 is 0 Å². The Morgan fingerprint density at radius 3 is 2.62 bits per heavy atom. The van der Waals surface area contributed by atoms with Crippen molar-refractivity contribution in [2.75, 3.05) is 18.5 Å². The molecular weight excluding hydrogens is 310 g/mol. The van der Waals surface area contributed by atoms with Crippen molar-refractivity contribution in [3.05, 3.63) is 45.9 Å². The van der Waals surface area contributed by atoms with Crippen molar-refractivity contribution in [2.45, 2.75) is 12.8 Å². The lowest BCUT2D eigenvalue weighted by atomic mass is 10.1. The number of aromatic nitrogens is 1. The summed E-state index contributed by atoms with van der Waals surface area (Å²) in [5.74, 6) is -0.223. The van der Waals surface area contributed by atoms with Crippen molar-refractivity contribution in [3.63, 3.8) is 0 Å². The Bertz CT molecular complexity index is 572. The number of halogens is 1. The van der Waals surface area contributed by atoms with Crippen LogP contribution < -0.4 is 11.1 Å². The molecule has 7 heteroatoms. The van der Waals surface area contributed by atoms with Crippen molar-refractivity contribution in [1.82, 2.24) is 4.98 Å². The number of hydrogen-bond acceptors (Lipinski definition) is 5. The maximum Gasteiger partial charge on any atom is 0.275 e. The summed E-state index contributed by atoms with van der Waals surface area (Å²) in [5.41, 5.74) is 7.62. The Hall–Kier alpha value is -1.47. The predicted octanol–water partition coefficient (Wildman–Crippen LogP) is 1.85. The molecule has 21 heavy (non-hydrogen) atoms. The molecule has 2 aromatic rings. The van der Waals surface area contributed by atoms with Crippen LogP contribution in [0.4, 0.5) is 5.69 Å². The number of hydrogen-bond donors (Lipinski definition) is 3. The van der Waals surface area contributed by atoms with Crippen LogP contribution in [0.15, 0.2) is 29.6 Å². The number of rotatable bonds is 6. The fourth-order valence-corrected chi connectivity index (χ4v) is 2.53. The maximum atomic E-state index is 12.0. The van der Waals surface area contributed by atoms with E-state index in [-0.39, 0.29) is 24.9 Å². The number of benzene rings is 1. The van der Waals surface area contributed by atoms with E-state index in [1.807, 2.05) is 24.3 Å². The molecule has 0 aliphatic carbocycles. The number of nitrogens with one attached hydrogen (secondary N) is 1. The molecule has 0 radical (unpaired) electrons. The minimum atomic E-state index is -0.223. The third kappa shape index (κ3) is 5.09. The van der Waals surface area contributed by atoms with E-state index in [1.165, 1.54) is 11.3 Å². The topological polar surface area (TPSA) is 88.2 Å². The number of nitrogens with two attached hydrogens (primary N) is 1. The maximum absolute atomic E-state index is 12.0. The van der Waals surface area contributed by atoms with Crippen molar-refractivity contribution >= 4 is 35.3 Å². The van der Waals surface area contributed by atoms with E-state index in [9.17, 15) is 4.79 Å². The molecule has 1 amide bonds. The lowest BCUT2D eigenvalue weighted by Crippen LogP contribution is -2.12. The van der Waals surface area contributed by atoms with Gasteiger partial charge >= 0.3 is 0 Å². The van der Waals surface area contributed by atoms with E-state index in [0.29, 0.717) is 30.8 Å². The first-order chi connectivity index (χ1) is 9.72. The van der Waals surface area contributed by atoms with Gasteiger partial charge in [-0.1, -0.05) is 12.1 Å². The predicted molar refractivity (Wildman–Crippen MR) is 87.3 cm³/mol. The molecule has 0 aliphatic rings. The Balaban J connectivity index is 0.00000220. The lowest BCUT2D eigenvalue weighted by molar-refractivity contribution is 0.102. The summed E-state index contributed by atoms with van der Waals surface area (Å²) in [7, 11) is 0.